The van der Waals surface area contributed by atoms with Gasteiger partial charge in [-0.05, 0) is 0 Å². The molecule has 120 valence electrons. The average molecular weight is 387 g/mol. The van der Waals surface area contributed by atoms with Crippen LogP contribution in [0, 0.1) is 0 Å². The van der Waals surface area contributed by atoms with Gasteiger partial charge < -0.3 is 0 Å². The SMILES string of the molecule is Br.CCC[PH](c1ccccc1)(c1ccccc1)c1ccccc1. The molecule has 3 rings (SSSR count). The van der Waals surface area contributed by atoms with E-state index in [1.54, 1.807) is 0 Å². The van der Waals surface area contributed by atoms with Crippen LogP contribution in [0.3, 0.4) is 0 Å². The van der Waals surface area contributed by atoms with Gasteiger partial charge in [0.25, 0.3) is 0 Å². The Morgan fingerprint density at radius 1 is 0.565 bits per heavy atom. The molecule has 0 aliphatic heterocycles. The molecule has 0 radical (unpaired) electrons. The molecule has 0 bridgehead atoms. The molecule has 0 unspecified atom stereocenters. The van der Waals surface area contributed by atoms with Crippen LogP contribution in [0.25, 0.3) is 0 Å². The van der Waals surface area contributed by atoms with E-state index in [9.17, 15) is 0 Å². The number of halogens is 1. The summed E-state index contributed by atoms with van der Waals surface area (Å²) in [5, 5.41) is 4.53. The van der Waals surface area contributed by atoms with E-state index in [2.05, 4.69) is 97.9 Å². The molecule has 0 atom stereocenters. The fraction of sp³-hybridized carbons (Fsp3) is 0.143. The first-order chi connectivity index (χ1) is 10.9. The molecule has 0 nitrogen and oxygen atoms in total. The number of hydrogen-bond acceptors (Lipinski definition) is 0. The van der Waals surface area contributed by atoms with Crippen molar-refractivity contribution in [3.05, 3.63) is 91.0 Å². The second-order valence-electron chi connectivity index (χ2n) is 5.75. The molecular weight excluding hydrogens is 363 g/mol. The molecule has 0 saturated heterocycles. The van der Waals surface area contributed by atoms with Gasteiger partial charge in [-0.1, -0.05) is 0 Å². The Hall–Kier alpha value is -1.43. The summed E-state index contributed by atoms with van der Waals surface area (Å²) in [6, 6.07) is 33.4. The van der Waals surface area contributed by atoms with Crippen molar-refractivity contribution in [2.75, 3.05) is 6.16 Å². The third kappa shape index (κ3) is 3.57. The van der Waals surface area contributed by atoms with Crippen molar-refractivity contribution in [3.8, 4) is 0 Å². The monoisotopic (exact) mass is 386 g/mol. The molecule has 2 heteroatoms. The van der Waals surface area contributed by atoms with E-state index in [0.29, 0.717) is 0 Å². The van der Waals surface area contributed by atoms with E-state index in [-0.39, 0.29) is 17.0 Å². The summed E-state index contributed by atoms with van der Waals surface area (Å²) in [5.74, 6) is 0. The number of hydrogen-bond donors (Lipinski definition) is 0. The Balaban J connectivity index is 0.00000192. The standard InChI is InChI=1S/C21H23P.BrH/c1-2-18-22(19-12-6-3-7-13-19,20-14-8-4-9-15-20)21-16-10-5-11-17-21;/h3-17,22H,2,18H2,1H3;1H. The van der Waals surface area contributed by atoms with Crippen molar-refractivity contribution < 1.29 is 0 Å². The first-order valence-electron chi connectivity index (χ1n) is 8.04. The minimum atomic E-state index is -1.92. The summed E-state index contributed by atoms with van der Waals surface area (Å²) in [6.45, 7) is 2.30. The van der Waals surface area contributed by atoms with Crippen LogP contribution in [0.1, 0.15) is 13.3 Å². The Morgan fingerprint density at radius 3 is 1.13 bits per heavy atom. The summed E-state index contributed by atoms with van der Waals surface area (Å²) in [7, 11) is -1.92. The number of rotatable bonds is 5. The summed E-state index contributed by atoms with van der Waals surface area (Å²) in [6.07, 6.45) is 2.44. The second kappa shape index (κ2) is 8.43. The third-order valence-electron chi connectivity index (χ3n) is 4.42. The molecule has 3 aromatic rings. The van der Waals surface area contributed by atoms with Crippen LogP contribution in [0.5, 0.6) is 0 Å². The van der Waals surface area contributed by atoms with Crippen LogP contribution in [-0.2, 0) is 0 Å². The normalized spacial score (nSPS) is 11.5. The third-order valence-corrected chi connectivity index (χ3v) is 9.63. The van der Waals surface area contributed by atoms with Crippen LogP contribution in [-0.4, -0.2) is 6.16 Å². The van der Waals surface area contributed by atoms with Gasteiger partial charge in [-0.3, -0.25) is 0 Å². The summed E-state index contributed by atoms with van der Waals surface area (Å²) >= 11 is 0. The molecule has 0 fully saturated rings. The van der Waals surface area contributed by atoms with Gasteiger partial charge in [-0.15, -0.1) is 17.0 Å². The maximum atomic E-state index is 2.32. The fourth-order valence-corrected chi connectivity index (χ4v) is 8.38. The molecule has 0 heterocycles. The van der Waals surface area contributed by atoms with Crippen molar-refractivity contribution >= 4 is 40.2 Å². The zero-order valence-corrected chi connectivity index (χ0v) is 16.2. The molecule has 0 aliphatic carbocycles. The van der Waals surface area contributed by atoms with Gasteiger partial charge in [-0.25, -0.2) is 0 Å². The Labute approximate surface area is 150 Å². The van der Waals surface area contributed by atoms with Gasteiger partial charge >= 0.3 is 134 Å². The van der Waals surface area contributed by atoms with Gasteiger partial charge in [0.05, 0.1) is 0 Å². The van der Waals surface area contributed by atoms with Crippen molar-refractivity contribution in [2.24, 2.45) is 0 Å². The van der Waals surface area contributed by atoms with E-state index < -0.39 is 7.26 Å². The van der Waals surface area contributed by atoms with Crippen molar-refractivity contribution in [1.82, 2.24) is 0 Å². The topological polar surface area (TPSA) is 0 Å². The van der Waals surface area contributed by atoms with Crippen LogP contribution in [0.4, 0.5) is 0 Å². The Kier molecular flexibility index (Phi) is 6.57. The van der Waals surface area contributed by atoms with E-state index in [4.69, 9.17) is 0 Å². The van der Waals surface area contributed by atoms with Crippen molar-refractivity contribution in [1.29, 1.82) is 0 Å². The molecule has 0 aliphatic rings. The second-order valence-corrected chi connectivity index (χ2v) is 9.80. The quantitative estimate of drug-likeness (QED) is 0.557. The predicted octanol–water partition coefficient (Wildman–Crippen LogP) is 4.70. The van der Waals surface area contributed by atoms with Crippen LogP contribution < -0.4 is 15.9 Å². The van der Waals surface area contributed by atoms with Crippen molar-refractivity contribution in [2.45, 2.75) is 13.3 Å². The summed E-state index contributed by atoms with van der Waals surface area (Å²) in [5.41, 5.74) is 0. The molecule has 0 aromatic heterocycles. The number of benzene rings is 3. The first kappa shape index (κ1) is 17.9. The minimum absolute atomic E-state index is 0. The van der Waals surface area contributed by atoms with Crippen molar-refractivity contribution in [3.63, 3.8) is 0 Å². The predicted molar refractivity (Wildman–Crippen MR) is 112 cm³/mol. The fourth-order valence-electron chi connectivity index (χ4n) is 3.48. The zero-order chi connectivity index (χ0) is 15.3. The molecular formula is C21H24BrP. The Morgan fingerprint density at radius 2 is 0.870 bits per heavy atom. The van der Waals surface area contributed by atoms with E-state index >= 15 is 0 Å². The van der Waals surface area contributed by atoms with E-state index in [1.807, 2.05) is 0 Å². The molecule has 0 saturated carbocycles. The molecule has 0 amide bonds. The van der Waals surface area contributed by atoms with Gasteiger partial charge in [0.1, 0.15) is 0 Å². The zero-order valence-electron chi connectivity index (χ0n) is 13.5. The summed E-state index contributed by atoms with van der Waals surface area (Å²) < 4.78 is 0. The van der Waals surface area contributed by atoms with Gasteiger partial charge in [0.15, 0.2) is 0 Å². The van der Waals surface area contributed by atoms with Gasteiger partial charge in [0, 0.05) is 0 Å². The van der Waals surface area contributed by atoms with E-state index in [1.165, 1.54) is 28.5 Å². The Bertz CT molecular complexity index is 599. The first-order valence-corrected chi connectivity index (χ1v) is 10.2. The van der Waals surface area contributed by atoms with Crippen LogP contribution in [0.2, 0.25) is 0 Å². The summed E-state index contributed by atoms with van der Waals surface area (Å²) in [4.78, 5) is 0. The van der Waals surface area contributed by atoms with Crippen LogP contribution in [0.15, 0.2) is 91.0 Å². The molecule has 0 N–H and O–H groups in total. The average Bonchev–Trinajstić information content (AvgIpc) is 2.62. The van der Waals surface area contributed by atoms with Gasteiger partial charge in [-0.2, -0.15) is 0 Å². The van der Waals surface area contributed by atoms with Crippen LogP contribution >= 0.6 is 24.2 Å². The molecule has 3 aromatic carbocycles. The van der Waals surface area contributed by atoms with E-state index in [0.717, 1.165) is 0 Å². The molecule has 0 spiro atoms. The maximum absolute atomic E-state index is 2.32. The van der Waals surface area contributed by atoms with Gasteiger partial charge in [0.2, 0.25) is 0 Å². The molecule has 23 heavy (non-hydrogen) atoms.